The number of hydrogen-bond acceptors (Lipinski definition) is 2. The highest BCUT2D eigenvalue weighted by molar-refractivity contribution is 9.10. The Balaban J connectivity index is 2.26. The summed E-state index contributed by atoms with van der Waals surface area (Å²) in [6, 6.07) is 16.6. The van der Waals surface area contributed by atoms with Crippen molar-refractivity contribution in [1.29, 1.82) is 0 Å². The van der Waals surface area contributed by atoms with Crippen molar-refractivity contribution in [2.45, 2.75) is 0 Å². The lowest BCUT2D eigenvalue weighted by molar-refractivity contribution is 0.104. The minimum Gasteiger partial charge on any atom is -0.398 e. The molecule has 0 saturated heterocycles. The minimum absolute atomic E-state index is 0.0897. The lowest BCUT2D eigenvalue weighted by Crippen LogP contribution is -2.02. The standard InChI is InChI=1S/C15H12BrNO/c16-13-8-4-7-12(9-13)14(17)10-15(18)11-5-2-1-3-6-11/h1-10H,17H2. The van der Waals surface area contributed by atoms with Crippen LogP contribution in [0.3, 0.4) is 0 Å². The van der Waals surface area contributed by atoms with Crippen LogP contribution in [0.2, 0.25) is 0 Å². The first-order chi connectivity index (χ1) is 8.66. The van der Waals surface area contributed by atoms with Gasteiger partial charge in [0.15, 0.2) is 5.78 Å². The first-order valence-electron chi connectivity index (χ1n) is 5.49. The molecule has 0 saturated carbocycles. The monoisotopic (exact) mass is 301 g/mol. The maximum atomic E-state index is 11.9. The van der Waals surface area contributed by atoms with Crippen molar-refractivity contribution in [2.24, 2.45) is 5.73 Å². The molecule has 0 aromatic heterocycles. The summed E-state index contributed by atoms with van der Waals surface area (Å²) >= 11 is 3.37. The van der Waals surface area contributed by atoms with Crippen molar-refractivity contribution in [1.82, 2.24) is 0 Å². The number of hydrogen-bond donors (Lipinski definition) is 1. The van der Waals surface area contributed by atoms with Crippen LogP contribution < -0.4 is 5.73 Å². The molecule has 0 heterocycles. The number of benzene rings is 2. The number of allylic oxidation sites excluding steroid dienone is 1. The summed E-state index contributed by atoms with van der Waals surface area (Å²) in [6.45, 7) is 0. The van der Waals surface area contributed by atoms with Crippen molar-refractivity contribution in [3.63, 3.8) is 0 Å². The normalized spacial score (nSPS) is 11.3. The molecule has 0 aliphatic carbocycles. The zero-order valence-electron chi connectivity index (χ0n) is 9.64. The first kappa shape index (κ1) is 12.6. The molecule has 0 spiro atoms. The van der Waals surface area contributed by atoms with E-state index in [1.54, 1.807) is 12.1 Å². The molecule has 0 fully saturated rings. The van der Waals surface area contributed by atoms with Gasteiger partial charge in [0.2, 0.25) is 0 Å². The summed E-state index contributed by atoms with van der Waals surface area (Å²) in [7, 11) is 0. The van der Waals surface area contributed by atoms with E-state index in [1.807, 2.05) is 42.5 Å². The van der Waals surface area contributed by atoms with Gasteiger partial charge in [-0.15, -0.1) is 0 Å². The van der Waals surface area contributed by atoms with Crippen LogP contribution in [-0.2, 0) is 0 Å². The number of halogens is 1. The fraction of sp³-hybridized carbons (Fsp3) is 0. The predicted molar refractivity (Wildman–Crippen MR) is 77.1 cm³/mol. The SMILES string of the molecule is NC(=CC(=O)c1ccccc1)c1cccc(Br)c1. The molecule has 18 heavy (non-hydrogen) atoms. The third kappa shape index (κ3) is 3.08. The van der Waals surface area contributed by atoms with Gasteiger partial charge in [0.05, 0.1) is 0 Å². The van der Waals surface area contributed by atoms with E-state index in [-0.39, 0.29) is 5.78 Å². The Morgan fingerprint density at radius 1 is 1.00 bits per heavy atom. The van der Waals surface area contributed by atoms with E-state index < -0.39 is 0 Å². The van der Waals surface area contributed by atoms with E-state index in [1.165, 1.54) is 6.08 Å². The lowest BCUT2D eigenvalue weighted by atomic mass is 10.1. The molecule has 0 unspecified atom stereocenters. The van der Waals surface area contributed by atoms with Gasteiger partial charge in [-0.1, -0.05) is 58.4 Å². The van der Waals surface area contributed by atoms with Gasteiger partial charge in [-0.3, -0.25) is 4.79 Å². The molecule has 0 aliphatic heterocycles. The van der Waals surface area contributed by atoms with Gasteiger partial charge in [-0.05, 0) is 17.7 Å². The van der Waals surface area contributed by atoms with Gasteiger partial charge in [-0.25, -0.2) is 0 Å². The molecule has 3 heteroatoms. The predicted octanol–water partition coefficient (Wildman–Crippen LogP) is 3.63. The van der Waals surface area contributed by atoms with Crippen LogP contribution in [0.5, 0.6) is 0 Å². The molecular weight excluding hydrogens is 290 g/mol. The van der Waals surface area contributed by atoms with Crippen molar-refractivity contribution >= 4 is 27.4 Å². The number of nitrogens with two attached hydrogens (primary N) is 1. The van der Waals surface area contributed by atoms with E-state index in [4.69, 9.17) is 5.73 Å². The van der Waals surface area contributed by atoms with E-state index in [0.717, 1.165) is 10.0 Å². The van der Waals surface area contributed by atoms with Gasteiger partial charge in [0.25, 0.3) is 0 Å². The molecule has 2 rings (SSSR count). The molecule has 90 valence electrons. The van der Waals surface area contributed by atoms with Crippen LogP contribution in [0.25, 0.3) is 5.70 Å². The summed E-state index contributed by atoms with van der Waals surface area (Å²) in [4.78, 5) is 11.9. The van der Waals surface area contributed by atoms with E-state index in [2.05, 4.69) is 15.9 Å². The average molecular weight is 302 g/mol. The summed E-state index contributed by atoms with van der Waals surface area (Å²) < 4.78 is 0.934. The molecule has 2 nitrogen and oxygen atoms in total. The number of carbonyl (C=O) groups excluding carboxylic acids is 1. The molecule has 0 bridgehead atoms. The average Bonchev–Trinajstić information content (AvgIpc) is 2.39. The summed E-state index contributed by atoms with van der Waals surface area (Å²) in [5.74, 6) is -0.0897. The van der Waals surface area contributed by atoms with Crippen LogP contribution in [0.15, 0.2) is 65.1 Å². The Kier molecular flexibility index (Phi) is 3.95. The highest BCUT2D eigenvalue weighted by Gasteiger charge is 2.04. The Hall–Kier alpha value is -1.87. The summed E-state index contributed by atoms with van der Waals surface area (Å²) in [5, 5.41) is 0. The van der Waals surface area contributed by atoms with Crippen molar-refractivity contribution in [3.05, 3.63) is 76.3 Å². The van der Waals surface area contributed by atoms with Crippen LogP contribution in [0.1, 0.15) is 15.9 Å². The molecule has 0 amide bonds. The van der Waals surface area contributed by atoms with Gasteiger partial charge in [0.1, 0.15) is 0 Å². The molecule has 0 aliphatic rings. The van der Waals surface area contributed by atoms with Crippen LogP contribution in [0, 0.1) is 0 Å². The second-order valence-electron chi connectivity index (χ2n) is 3.84. The highest BCUT2D eigenvalue weighted by atomic mass is 79.9. The van der Waals surface area contributed by atoms with Crippen LogP contribution in [-0.4, -0.2) is 5.78 Å². The number of carbonyl (C=O) groups is 1. The minimum atomic E-state index is -0.0897. The highest BCUT2D eigenvalue weighted by Crippen LogP contribution is 2.16. The Morgan fingerprint density at radius 2 is 1.67 bits per heavy atom. The number of ketones is 1. The second-order valence-corrected chi connectivity index (χ2v) is 4.76. The smallest absolute Gasteiger partial charge is 0.187 e. The third-order valence-electron chi connectivity index (χ3n) is 2.50. The van der Waals surface area contributed by atoms with Crippen LogP contribution in [0.4, 0.5) is 0 Å². The molecular formula is C15H12BrNO. The summed E-state index contributed by atoms with van der Waals surface area (Å²) in [6.07, 6.45) is 1.46. The van der Waals surface area contributed by atoms with Gasteiger partial charge in [0, 0.05) is 21.8 Å². The van der Waals surface area contributed by atoms with Crippen molar-refractivity contribution < 1.29 is 4.79 Å². The Bertz CT molecular complexity index is 590. The quantitative estimate of drug-likeness (QED) is 0.695. The molecule has 2 aromatic rings. The van der Waals surface area contributed by atoms with E-state index >= 15 is 0 Å². The zero-order valence-corrected chi connectivity index (χ0v) is 11.2. The topological polar surface area (TPSA) is 43.1 Å². The van der Waals surface area contributed by atoms with E-state index in [0.29, 0.717) is 11.3 Å². The maximum absolute atomic E-state index is 11.9. The largest absolute Gasteiger partial charge is 0.398 e. The summed E-state index contributed by atoms with van der Waals surface area (Å²) in [5.41, 5.74) is 7.85. The lowest BCUT2D eigenvalue weighted by Gasteiger charge is -2.02. The third-order valence-corrected chi connectivity index (χ3v) is 3.00. The number of rotatable bonds is 3. The van der Waals surface area contributed by atoms with Crippen molar-refractivity contribution in [3.8, 4) is 0 Å². The van der Waals surface area contributed by atoms with Crippen molar-refractivity contribution in [2.75, 3.05) is 0 Å². The molecule has 2 aromatic carbocycles. The first-order valence-corrected chi connectivity index (χ1v) is 6.28. The van der Waals surface area contributed by atoms with Gasteiger partial charge >= 0.3 is 0 Å². The van der Waals surface area contributed by atoms with E-state index in [9.17, 15) is 4.79 Å². The second kappa shape index (κ2) is 5.65. The van der Waals surface area contributed by atoms with Gasteiger partial charge < -0.3 is 5.73 Å². The van der Waals surface area contributed by atoms with Crippen LogP contribution >= 0.6 is 15.9 Å². The Morgan fingerprint density at radius 3 is 2.33 bits per heavy atom. The molecule has 0 atom stereocenters. The maximum Gasteiger partial charge on any atom is 0.187 e. The zero-order chi connectivity index (χ0) is 13.0. The Labute approximate surface area is 114 Å². The fourth-order valence-corrected chi connectivity index (χ4v) is 1.98. The fourth-order valence-electron chi connectivity index (χ4n) is 1.58. The molecule has 0 radical (unpaired) electrons. The molecule has 2 N–H and O–H groups in total. The van der Waals surface area contributed by atoms with Gasteiger partial charge in [-0.2, -0.15) is 0 Å².